The van der Waals surface area contributed by atoms with Crippen molar-refractivity contribution in [3.63, 3.8) is 0 Å². The van der Waals surface area contributed by atoms with Crippen molar-refractivity contribution in [2.75, 3.05) is 0 Å². The standard InChI is InChI=1S/C13H14N2O/c1-2-9-15-13(7-8-14-15)12-6-4-3-5-11(12)10-16/h3-8,10H,2,9H2,1H3. The Labute approximate surface area is 94.7 Å². The van der Waals surface area contributed by atoms with Gasteiger partial charge >= 0.3 is 0 Å². The van der Waals surface area contributed by atoms with Crippen molar-refractivity contribution in [1.29, 1.82) is 0 Å². The summed E-state index contributed by atoms with van der Waals surface area (Å²) in [5.74, 6) is 0. The van der Waals surface area contributed by atoms with Crippen LogP contribution in [0.2, 0.25) is 0 Å². The van der Waals surface area contributed by atoms with Crippen molar-refractivity contribution in [2.24, 2.45) is 0 Å². The minimum absolute atomic E-state index is 0.709. The van der Waals surface area contributed by atoms with Crippen LogP contribution in [0.3, 0.4) is 0 Å². The average Bonchev–Trinajstić information content (AvgIpc) is 2.77. The summed E-state index contributed by atoms with van der Waals surface area (Å²) in [6.07, 6.45) is 3.68. The minimum atomic E-state index is 0.709. The molecule has 3 nitrogen and oxygen atoms in total. The SMILES string of the molecule is CCCn1nccc1-c1ccccc1C=O. The first-order chi connectivity index (χ1) is 7.86. The third-order valence-corrected chi connectivity index (χ3v) is 2.52. The van der Waals surface area contributed by atoms with Crippen LogP contribution in [-0.4, -0.2) is 16.1 Å². The molecule has 1 aromatic heterocycles. The summed E-state index contributed by atoms with van der Waals surface area (Å²) in [6, 6.07) is 9.52. The largest absolute Gasteiger partial charge is 0.298 e. The van der Waals surface area contributed by atoms with Crippen LogP contribution in [0.25, 0.3) is 11.3 Å². The molecule has 82 valence electrons. The van der Waals surface area contributed by atoms with E-state index < -0.39 is 0 Å². The van der Waals surface area contributed by atoms with E-state index in [1.54, 1.807) is 6.20 Å². The van der Waals surface area contributed by atoms with Crippen LogP contribution in [0.5, 0.6) is 0 Å². The molecule has 0 aliphatic carbocycles. The van der Waals surface area contributed by atoms with Crippen molar-refractivity contribution in [2.45, 2.75) is 19.9 Å². The normalized spacial score (nSPS) is 10.3. The second kappa shape index (κ2) is 4.75. The van der Waals surface area contributed by atoms with Crippen LogP contribution in [0.1, 0.15) is 23.7 Å². The van der Waals surface area contributed by atoms with E-state index in [-0.39, 0.29) is 0 Å². The molecule has 2 rings (SSSR count). The number of rotatable bonds is 4. The second-order valence-corrected chi connectivity index (χ2v) is 3.64. The Hall–Kier alpha value is -1.90. The summed E-state index contributed by atoms with van der Waals surface area (Å²) in [5.41, 5.74) is 2.66. The lowest BCUT2D eigenvalue weighted by atomic mass is 10.1. The molecule has 0 unspecified atom stereocenters. The van der Waals surface area contributed by atoms with E-state index in [0.29, 0.717) is 5.56 Å². The molecular weight excluding hydrogens is 200 g/mol. The average molecular weight is 214 g/mol. The zero-order valence-electron chi connectivity index (χ0n) is 9.26. The number of carbonyl (C=O) groups is 1. The van der Waals surface area contributed by atoms with Crippen LogP contribution in [0.4, 0.5) is 0 Å². The summed E-state index contributed by atoms with van der Waals surface area (Å²) in [5, 5.41) is 4.26. The quantitative estimate of drug-likeness (QED) is 0.733. The second-order valence-electron chi connectivity index (χ2n) is 3.64. The number of carbonyl (C=O) groups excluding carboxylic acids is 1. The van der Waals surface area contributed by atoms with Crippen LogP contribution in [-0.2, 0) is 6.54 Å². The van der Waals surface area contributed by atoms with Gasteiger partial charge in [-0.3, -0.25) is 9.48 Å². The monoisotopic (exact) mass is 214 g/mol. The third kappa shape index (κ3) is 1.89. The number of aromatic nitrogens is 2. The Balaban J connectivity index is 2.49. The zero-order chi connectivity index (χ0) is 11.4. The highest BCUT2D eigenvalue weighted by molar-refractivity contribution is 5.86. The number of aryl methyl sites for hydroxylation is 1. The Morgan fingerprint density at radius 1 is 1.31 bits per heavy atom. The van der Waals surface area contributed by atoms with E-state index in [1.165, 1.54) is 0 Å². The van der Waals surface area contributed by atoms with E-state index in [4.69, 9.17) is 0 Å². The van der Waals surface area contributed by atoms with E-state index in [1.807, 2.05) is 35.0 Å². The highest BCUT2D eigenvalue weighted by Gasteiger charge is 2.08. The fraction of sp³-hybridized carbons (Fsp3) is 0.231. The van der Waals surface area contributed by atoms with E-state index >= 15 is 0 Å². The first-order valence-corrected chi connectivity index (χ1v) is 5.43. The van der Waals surface area contributed by atoms with Crippen molar-refractivity contribution in [3.8, 4) is 11.3 Å². The van der Waals surface area contributed by atoms with Crippen molar-refractivity contribution in [3.05, 3.63) is 42.1 Å². The van der Waals surface area contributed by atoms with E-state index in [9.17, 15) is 4.79 Å². The topological polar surface area (TPSA) is 34.9 Å². The first kappa shape index (κ1) is 10.6. The molecule has 0 spiro atoms. The lowest BCUT2D eigenvalue weighted by molar-refractivity contribution is 0.112. The molecule has 3 heteroatoms. The third-order valence-electron chi connectivity index (χ3n) is 2.52. The van der Waals surface area contributed by atoms with Gasteiger partial charge in [0.1, 0.15) is 0 Å². The Bertz CT molecular complexity index is 488. The fourth-order valence-corrected chi connectivity index (χ4v) is 1.78. The molecule has 0 aliphatic heterocycles. The van der Waals surface area contributed by atoms with E-state index in [2.05, 4.69) is 12.0 Å². The molecule has 16 heavy (non-hydrogen) atoms. The summed E-state index contributed by atoms with van der Waals surface area (Å²) in [7, 11) is 0. The Morgan fingerprint density at radius 3 is 2.88 bits per heavy atom. The molecule has 2 aromatic rings. The number of hydrogen-bond donors (Lipinski definition) is 0. The lowest BCUT2D eigenvalue weighted by Gasteiger charge is -2.07. The summed E-state index contributed by atoms with van der Waals surface area (Å²) >= 11 is 0. The summed E-state index contributed by atoms with van der Waals surface area (Å²) in [4.78, 5) is 11.0. The van der Waals surface area contributed by atoms with Gasteiger partial charge in [0.2, 0.25) is 0 Å². The molecule has 0 fully saturated rings. The maximum atomic E-state index is 11.0. The highest BCUT2D eigenvalue weighted by Crippen LogP contribution is 2.22. The van der Waals surface area contributed by atoms with Crippen molar-refractivity contribution >= 4 is 6.29 Å². The van der Waals surface area contributed by atoms with Gasteiger partial charge in [0.05, 0.1) is 5.69 Å². The van der Waals surface area contributed by atoms with Crippen LogP contribution < -0.4 is 0 Å². The molecule has 0 bridgehead atoms. The van der Waals surface area contributed by atoms with Gasteiger partial charge in [0.25, 0.3) is 0 Å². The molecule has 0 amide bonds. The lowest BCUT2D eigenvalue weighted by Crippen LogP contribution is -2.02. The van der Waals surface area contributed by atoms with Gasteiger partial charge in [0, 0.05) is 23.9 Å². The van der Waals surface area contributed by atoms with Crippen LogP contribution >= 0.6 is 0 Å². The summed E-state index contributed by atoms with van der Waals surface area (Å²) < 4.78 is 1.93. The fourth-order valence-electron chi connectivity index (χ4n) is 1.78. The number of nitrogens with zero attached hydrogens (tertiary/aromatic N) is 2. The minimum Gasteiger partial charge on any atom is -0.298 e. The maximum Gasteiger partial charge on any atom is 0.150 e. The Kier molecular flexibility index (Phi) is 3.15. The highest BCUT2D eigenvalue weighted by atomic mass is 16.1. The van der Waals surface area contributed by atoms with Gasteiger partial charge in [-0.2, -0.15) is 5.10 Å². The molecule has 0 saturated carbocycles. The zero-order valence-corrected chi connectivity index (χ0v) is 9.26. The van der Waals surface area contributed by atoms with Crippen molar-refractivity contribution in [1.82, 2.24) is 9.78 Å². The Morgan fingerprint density at radius 2 is 2.12 bits per heavy atom. The molecule has 0 atom stereocenters. The summed E-state index contributed by atoms with van der Waals surface area (Å²) in [6.45, 7) is 2.98. The molecule has 1 aromatic carbocycles. The predicted molar refractivity (Wildman–Crippen MR) is 63.3 cm³/mol. The maximum absolute atomic E-state index is 11.0. The van der Waals surface area contributed by atoms with Crippen LogP contribution in [0.15, 0.2) is 36.5 Å². The smallest absolute Gasteiger partial charge is 0.150 e. The number of hydrogen-bond acceptors (Lipinski definition) is 2. The van der Waals surface area contributed by atoms with Gasteiger partial charge in [-0.1, -0.05) is 31.2 Å². The van der Waals surface area contributed by atoms with Gasteiger partial charge in [-0.05, 0) is 12.5 Å². The predicted octanol–water partition coefficient (Wildman–Crippen LogP) is 2.77. The molecule has 1 heterocycles. The van der Waals surface area contributed by atoms with Gasteiger partial charge in [0.15, 0.2) is 6.29 Å². The van der Waals surface area contributed by atoms with Gasteiger partial charge in [-0.15, -0.1) is 0 Å². The van der Waals surface area contributed by atoms with Gasteiger partial charge in [-0.25, -0.2) is 0 Å². The molecule has 0 radical (unpaired) electrons. The number of aldehydes is 1. The molecule has 0 aliphatic rings. The van der Waals surface area contributed by atoms with Crippen molar-refractivity contribution < 1.29 is 4.79 Å². The number of benzene rings is 1. The molecule has 0 N–H and O–H groups in total. The van der Waals surface area contributed by atoms with E-state index in [0.717, 1.165) is 30.5 Å². The molecular formula is C13H14N2O. The molecule has 0 saturated heterocycles. The first-order valence-electron chi connectivity index (χ1n) is 5.43. The van der Waals surface area contributed by atoms with Gasteiger partial charge < -0.3 is 0 Å². The van der Waals surface area contributed by atoms with Crippen LogP contribution in [0, 0.1) is 0 Å².